The Balaban J connectivity index is 1.50. The highest BCUT2D eigenvalue weighted by Crippen LogP contribution is 2.40. The maximum Gasteiger partial charge on any atom is 0.273 e. The van der Waals surface area contributed by atoms with Crippen LogP contribution < -0.4 is 5.32 Å². The quantitative estimate of drug-likeness (QED) is 0.888. The normalized spacial score (nSPS) is 14.3. The van der Waals surface area contributed by atoms with Gasteiger partial charge in [0.2, 0.25) is 0 Å². The number of hydrogen-bond acceptors (Lipinski definition) is 4. The fourth-order valence-electron chi connectivity index (χ4n) is 1.91. The second kappa shape index (κ2) is 5.22. The molecular weight excluding hydrogens is 242 g/mol. The van der Waals surface area contributed by atoms with E-state index in [0.717, 1.165) is 30.6 Å². The standard InChI is InChI=1S/C14H15N3O2/c18-14(12-8-13(19-17-12)11-3-4-11)16-7-5-10-2-1-6-15-9-10/h1-2,6,8-9,11H,3-5,7H2,(H,16,18). The first kappa shape index (κ1) is 11.9. The number of amides is 1. The Morgan fingerprint density at radius 1 is 1.47 bits per heavy atom. The first-order chi connectivity index (χ1) is 9.33. The van der Waals surface area contributed by atoms with Gasteiger partial charge in [0.05, 0.1) is 0 Å². The lowest BCUT2D eigenvalue weighted by atomic mass is 10.2. The van der Waals surface area contributed by atoms with Crippen LogP contribution in [0.15, 0.2) is 35.1 Å². The SMILES string of the molecule is O=C(NCCc1cccnc1)c1cc(C2CC2)on1. The van der Waals surface area contributed by atoms with Gasteiger partial charge in [-0.25, -0.2) is 0 Å². The molecule has 5 nitrogen and oxygen atoms in total. The third-order valence-corrected chi connectivity index (χ3v) is 3.16. The number of aromatic nitrogens is 2. The van der Waals surface area contributed by atoms with E-state index in [4.69, 9.17) is 4.52 Å². The summed E-state index contributed by atoms with van der Waals surface area (Å²) < 4.78 is 5.15. The summed E-state index contributed by atoms with van der Waals surface area (Å²) in [5, 5.41) is 6.63. The van der Waals surface area contributed by atoms with Crippen LogP contribution in [0, 0.1) is 0 Å². The van der Waals surface area contributed by atoms with Crippen molar-refractivity contribution < 1.29 is 9.32 Å². The smallest absolute Gasteiger partial charge is 0.273 e. The third-order valence-electron chi connectivity index (χ3n) is 3.16. The van der Waals surface area contributed by atoms with E-state index in [-0.39, 0.29) is 5.91 Å². The van der Waals surface area contributed by atoms with Crippen molar-refractivity contribution in [3.8, 4) is 0 Å². The molecule has 0 radical (unpaired) electrons. The van der Waals surface area contributed by atoms with Crippen LogP contribution in [0.25, 0.3) is 0 Å². The van der Waals surface area contributed by atoms with Gasteiger partial charge in [0.25, 0.3) is 5.91 Å². The number of pyridine rings is 1. The van der Waals surface area contributed by atoms with Crippen molar-refractivity contribution in [3.63, 3.8) is 0 Å². The highest BCUT2D eigenvalue weighted by molar-refractivity contribution is 5.92. The molecule has 19 heavy (non-hydrogen) atoms. The van der Waals surface area contributed by atoms with Gasteiger partial charge in [-0.05, 0) is 30.9 Å². The molecule has 3 rings (SSSR count). The molecule has 0 bridgehead atoms. The summed E-state index contributed by atoms with van der Waals surface area (Å²) in [7, 11) is 0. The van der Waals surface area contributed by atoms with E-state index in [0.29, 0.717) is 18.2 Å². The van der Waals surface area contributed by atoms with Crippen LogP contribution in [0.5, 0.6) is 0 Å². The second-order valence-electron chi connectivity index (χ2n) is 4.76. The highest BCUT2D eigenvalue weighted by Gasteiger charge is 2.28. The summed E-state index contributed by atoms with van der Waals surface area (Å²) >= 11 is 0. The molecule has 0 spiro atoms. The van der Waals surface area contributed by atoms with E-state index in [9.17, 15) is 4.79 Å². The molecule has 0 unspecified atom stereocenters. The first-order valence-corrected chi connectivity index (χ1v) is 6.46. The molecule has 1 aliphatic rings. The second-order valence-corrected chi connectivity index (χ2v) is 4.76. The number of nitrogens with zero attached hydrogens (tertiary/aromatic N) is 2. The minimum absolute atomic E-state index is 0.181. The predicted octanol–water partition coefficient (Wildman–Crippen LogP) is 1.92. The molecule has 1 saturated carbocycles. The van der Waals surface area contributed by atoms with E-state index < -0.39 is 0 Å². The Hall–Kier alpha value is -2.17. The number of carbonyl (C=O) groups excluding carboxylic acids is 1. The molecule has 1 fully saturated rings. The molecule has 2 aromatic rings. The summed E-state index contributed by atoms with van der Waals surface area (Å²) in [6.45, 7) is 0.566. The first-order valence-electron chi connectivity index (χ1n) is 6.46. The average molecular weight is 257 g/mol. The molecule has 2 aromatic heterocycles. The maximum atomic E-state index is 11.8. The van der Waals surface area contributed by atoms with Crippen LogP contribution in [-0.2, 0) is 6.42 Å². The van der Waals surface area contributed by atoms with Gasteiger partial charge in [0, 0.05) is 30.9 Å². The molecule has 98 valence electrons. The summed E-state index contributed by atoms with van der Waals surface area (Å²) in [4.78, 5) is 15.9. The van der Waals surface area contributed by atoms with E-state index in [1.165, 1.54) is 0 Å². The van der Waals surface area contributed by atoms with Gasteiger partial charge in [-0.3, -0.25) is 9.78 Å². The third kappa shape index (κ3) is 2.99. The minimum atomic E-state index is -0.181. The lowest BCUT2D eigenvalue weighted by Gasteiger charge is -2.02. The Bertz CT molecular complexity index is 561. The van der Waals surface area contributed by atoms with E-state index in [1.807, 2.05) is 12.1 Å². The molecule has 2 heterocycles. The lowest BCUT2D eigenvalue weighted by molar-refractivity contribution is 0.0945. The van der Waals surface area contributed by atoms with E-state index in [2.05, 4.69) is 15.5 Å². The van der Waals surface area contributed by atoms with Crippen LogP contribution in [-0.4, -0.2) is 22.6 Å². The molecule has 1 aliphatic carbocycles. The molecule has 0 aliphatic heterocycles. The zero-order valence-electron chi connectivity index (χ0n) is 10.5. The topological polar surface area (TPSA) is 68.0 Å². The van der Waals surface area contributed by atoms with Crippen molar-refractivity contribution in [2.45, 2.75) is 25.2 Å². The molecule has 0 saturated heterocycles. The van der Waals surface area contributed by atoms with Crippen molar-refractivity contribution >= 4 is 5.91 Å². The van der Waals surface area contributed by atoms with Crippen LogP contribution in [0.3, 0.4) is 0 Å². The van der Waals surface area contributed by atoms with E-state index >= 15 is 0 Å². The summed E-state index contributed by atoms with van der Waals surface area (Å²) in [6, 6.07) is 5.62. The Labute approximate surface area is 111 Å². The Morgan fingerprint density at radius 2 is 2.37 bits per heavy atom. The van der Waals surface area contributed by atoms with Gasteiger partial charge in [0.1, 0.15) is 5.76 Å². The van der Waals surface area contributed by atoms with E-state index in [1.54, 1.807) is 18.5 Å². The molecule has 1 N–H and O–H groups in total. The Morgan fingerprint density at radius 3 is 3.11 bits per heavy atom. The van der Waals surface area contributed by atoms with Crippen LogP contribution in [0.1, 0.15) is 40.6 Å². The molecule has 0 atom stereocenters. The zero-order chi connectivity index (χ0) is 13.1. The summed E-state index contributed by atoms with van der Waals surface area (Å²) in [5.41, 5.74) is 1.47. The van der Waals surface area contributed by atoms with Gasteiger partial charge < -0.3 is 9.84 Å². The summed E-state index contributed by atoms with van der Waals surface area (Å²) in [6.07, 6.45) is 6.56. The summed E-state index contributed by atoms with van der Waals surface area (Å²) in [5.74, 6) is 1.13. The van der Waals surface area contributed by atoms with Gasteiger partial charge in [-0.1, -0.05) is 11.2 Å². The number of nitrogens with one attached hydrogen (secondary N) is 1. The predicted molar refractivity (Wildman–Crippen MR) is 68.8 cm³/mol. The molecule has 0 aromatic carbocycles. The van der Waals surface area contributed by atoms with Crippen molar-refractivity contribution in [1.82, 2.24) is 15.5 Å². The average Bonchev–Trinajstić information content (AvgIpc) is 3.17. The molecular formula is C14H15N3O2. The van der Waals surface area contributed by atoms with Gasteiger partial charge in [-0.2, -0.15) is 0 Å². The van der Waals surface area contributed by atoms with Gasteiger partial charge >= 0.3 is 0 Å². The van der Waals surface area contributed by atoms with Crippen molar-refractivity contribution in [2.75, 3.05) is 6.54 Å². The number of rotatable bonds is 5. The Kier molecular flexibility index (Phi) is 3.27. The van der Waals surface area contributed by atoms with Gasteiger partial charge in [-0.15, -0.1) is 0 Å². The highest BCUT2D eigenvalue weighted by atomic mass is 16.5. The monoisotopic (exact) mass is 257 g/mol. The van der Waals surface area contributed by atoms with Crippen molar-refractivity contribution in [1.29, 1.82) is 0 Å². The fourth-order valence-corrected chi connectivity index (χ4v) is 1.91. The number of hydrogen-bond donors (Lipinski definition) is 1. The lowest BCUT2D eigenvalue weighted by Crippen LogP contribution is -2.25. The van der Waals surface area contributed by atoms with Crippen LogP contribution >= 0.6 is 0 Å². The van der Waals surface area contributed by atoms with Crippen molar-refractivity contribution in [3.05, 3.63) is 47.6 Å². The number of carbonyl (C=O) groups is 1. The maximum absolute atomic E-state index is 11.8. The zero-order valence-corrected chi connectivity index (χ0v) is 10.5. The molecule has 5 heteroatoms. The van der Waals surface area contributed by atoms with Gasteiger partial charge in [0.15, 0.2) is 5.69 Å². The molecule has 1 amide bonds. The largest absolute Gasteiger partial charge is 0.360 e. The van der Waals surface area contributed by atoms with Crippen LogP contribution in [0.2, 0.25) is 0 Å². The fraction of sp³-hybridized carbons (Fsp3) is 0.357. The van der Waals surface area contributed by atoms with Crippen molar-refractivity contribution in [2.24, 2.45) is 0 Å². The van der Waals surface area contributed by atoms with Crippen LogP contribution in [0.4, 0.5) is 0 Å². The minimum Gasteiger partial charge on any atom is -0.360 e.